The fourth-order valence-corrected chi connectivity index (χ4v) is 17.4. The number of aliphatic carboxylic acids is 4. The van der Waals surface area contributed by atoms with Crippen LogP contribution in [0.5, 0.6) is 11.5 Å². The minimum absolute atomic E-state index is 0.0520. The minimum atomic E-state index is -3.21. The normalized spacial score (nSPS) is 17.8. The highest BCUT2D eigenvalue weighted by molar-refractivity contribution is 7.99. The molecule has 5 aromatic rings. The molecule has 4 aliphatic rings. The van der Waals surface area contributed by atoms with E-state index in [9.17, 15) is 106 Å². The molecule has 694 valence electrons. The van der Waals surface area contributed by atoms with Gasteiger partial charge in [-0.1, -0.05) is 37.1 Å². The molecular weight excluding hydrogens is 1720 g/mol. The van der Waals surface area contributed by atoms with Crippen molar-refractivity contribution in [3.05, 3.63) is 83.2 Å². The van der Waals surface area contributed by atoms with E-state index in [2.05, 4.69) is 41.9 Å². The van der Waals surface area contributed by atoms with Crippen LogP contribution >= 0.6 is 23.5 Å². The van der Waals surface area contributed by atoms with Crippen molar-refractivity contribution in [3.8, 4) is 23.6 Å². The number of para-hydroxylation sites is 2. The van der Waals surface area contributed by atoms with E-state index in [0.717, 1.165) is 56.7 Å². The Bertz CT molecular complexity index is 4750. The summed E-state index contributed by atoms with van der Waals surface area (Å²) >= 11 is 3.16. The van der Waals surface area contributed by atoms with E-state index in [1.807, 2.05) is 0 Å². The lowest BCUT2D eigenvalue weighted by atomic mass is 9.94. The third-order valence-electron chi connectivity index (χ3n) is 21.9. The Hall–Kier alpha value is -11.4. The van der Waals surface area contributed by atoms with Gasteiger partial charge in [-0.3, -0.25) is 82.3 Å². The number of aromatic nitrogens is 4. The monoisotopic (exact) mass is 1830 g/mol. The Balaban J connectivity index is 0.710. The first-order valence-corrected chi connectivity index (χ1v) is 44.8. The van der Waals surface area contributed by atoms with Gasteiger partial charge in [-0.25, -0.2) is 22.4 Å². The minimum Gasteiger partial charge on any atom is -0.491 e. The number of fused-ring (bicyclic) bond motifs is 3. The molecule has 4 atom stereocenters. The molecule has 2 aromatic carbocycles. The number of nitriles is 2. The Morgan fingerprint density at radius 3 is 1.38 bits per heavy atom. The molecule has 43 heteroatoms. The van der Waals surface area contributed by atoms with Crippen molar-refractivity contribution in [2.24, 2.45) is 0 Å². The van der Waals surface area contributed by atoms with Gasteiger partial charge in [0.2, 0.25) is 29.5 Å². The molecule has 3 aromatic heterocycles. The van der Waals surface area contributed by atoms with E-state index in [1.54, 1.807) is 91.7 Å². The Kier molecular flexibility index (Phi) is 40.0. The number of alkyl halides is 4. The van der Waals surface area contributed by atoms with E-state index >= 15 is 0 Å². The summed E-state index contributed by atoms with van der Waals surface area (Å²) < 4.78 is 74.0. The molecule has 2 unspecified atom stereocenters. The molecule has 0 saturated carbocycles. The molecule has 0 radical (unpaired) electrons. The molecule has 6 heterocycles. The molecule has 0 bridgehead atoms. The standard InChI is InChI=1S/C85H110F4N18O19S2/c86-84(87)45-56(47-90)106(54-84)71(111)49-98-78(119)61-25-31-95-76-59(61)14-8-17-66(76)124-41-11-29-93-68(108)19-3-1-5-43-127-80-63-16-7-13-58(126-83(123)97-28-10-27-92-70(110)24-23-65(82(121)122)105-39-37-103(52-74(115)116)35-33-102(51-73(113)114)34-36-104(38-40-105)53-75(117)118)21-22-64(63)81(101-100-80)128-44-6-2-4-20-69(109)94-30-12-42-125-67-18-9-15-60-62(26-32-96-77(60)67)79(120)99-50-72(112)107-55-85(88,89)46-57(107)48-91/h8-9,14-15,17-18,25-26,31-32,56-58,65H,1-7,10-13,16,19-24,27-30,33-46,49-55H2,(H,92,110)(H,93,108)(H,94,109)(H,97,123)(H,98,119)(H,99,120)(H,113,114)(H,115,116)(H,117,118)(H,121,122)/t56-,57-,58?,65?/m0/s1. The Morgan fingerprint density at radius 1 is 0.508 bits per heavy atom. The van der Waals surface area contributed by atoms with E-state index in [-0.39, 0.29) is 121 Å². The van der Waals surface area contributed by atoms with Crippen molar-refractivity contribution in [2.45, 2.75) is 175 Å². The van der Waals surface area contributed by atoms with Gasteiger partial charge in [-0.2, -0.15) is 10.5 Å². The second kappa shape index (κ2) is 51.0. The molecule has 37 nitrogen and oxygen atoms in total. The first kappa shape index (κ1) is 100. The number of nitrogens with zero attached hydrogens (tertiary/aromatic N) is 12. The summed E-state index contributed by atoms with van der Waals surface area (Å²) in [5.74, 6) is -12.5. The zero-order valence-electron chi connectivity index (χ0n) is 71.1. The van der Waals surface area contributed by atoms with Crippen LogP contribution in [0.15, 0.2) is 71.0 Å². The molecule has 3 aliphatic heterocycles. The zero-order chi connectivity index (χ0) is 92.1. The van der Waals surface area contributed by atoms with Crippen LogP contribution in [-0.4, -0.2) is 326 Å². The number of benzene rings is 2. The molecular formula is C85H110F4N18O19S2. The van der Waals surface area contributed by atoms with E-state index in [0.29, 0.717) is 135 Å². The molecule has 0 spiro atoms. The van der Waals surface area contributed by atoms with Gasteiger partial charge in [-0.15, -0.1) is 33.7 Å². The Labute approximate surface area is 745 Å². The van der Waals surface area contributed by atoms with E-state index < -0.39 is 148 Å². The van der Waals surface area contributed by atoms with Crippen LogP contribution in [0, 0.1) is 22.7 Å². The van der Waals surface area contributed by atoms with Crippen molar-refractivity contribution in [3.63, 3.8) is 0 Å². The van der Waals surface area contributed by atoms with Gasteiger partial charge in [0.15, 0.2) is 0 Å². The van der Waals surface area contributed by atoms with Crippen molar-refractivity contribution in [2.75, 3.05) is 149 Å². The quantitative estimate of drug-likeness (QED) is 0.0129. The van der Waals surface area contributed by atoms with Gasteiger partial charge in [-0.05, 0) is 130 Å². The number of hydrogen-bond donors (Lipinski definition) is 10. The number of pyridine rings is 2. The fraction of sp³-hybridized carbons (Fsp3) is 0.576. The van der Waals surface area contributed by atoms with Gasteiger partial charge in [0.25, 0.3) is 23.7 Å². The molecule has 128 heavy (non-hydrogen) atoms. The van der Waals surface area contributed by atoms with E-state index in [4.69, 9.17) is 24.4 Å². The van der Waals surface area contributed by atoms with Crippen LogP contribution in [0.3, 0.4) is 0 Å². The third kappa shape index (κ3) is 32.4. The van der Waals surface area contributed by atoms with Crippen LogP contribution in [0.2, 0.25) is 0 Å². The topological polar surface area (TPSA) is 504 Å². The van der Waals surface area contributed by atoms with E-state index in [1.165, 1.54) is 24.5 Å². The molecule has 9 rings (SSSR count). The van der Waals surface area contributed by atoms with Crippen molar-refractivity contribution >= 4 is 117 Å². The van der Waals surface area contributed by atoms with Crippen molar-refractivity contribution in [1.29, 1.82) is 10.5 Å². The number of rotatable bonds is 46. The number of hydrogen-bond acceptors (Lipinski definition) is 27. The number of ether oxygens (including phenoxy) is 3. The average molecular weight is 1830 g/mol. The van der Waals surface area contributed by atoms with Crippen molar-refractivity contribution < 1.29 is 110 Å². The SMILES string of the molecule is N#C[C@@H]1CC(F)(F)CN1C(=O)CNC(=O)c1ccnc2c(OCCCNC(=O)CCCCCSc3nnc(SCCCCCC(=O)NCCCOc4cccc5c(C(=O)NCC(=O)N6CC(F)(F)C[C@H]6C#N)ccnc45)c4c3CCCC(OC(=O)NCCCNC(=O)CCC(C(=O)O)N3CCN(CC(=O)O)CCN(CC(=O)O)CCN(CC(=O)O)CC3)CC4)cccc12. The van der Waals surface area contributed by atoms with Gasteiger partial charge >= 0.3 is 30.0 Å². The number of carboxylic acid groups (broad SMARTS) is 4. The fourth-order valence-electron chi connectivity index (χ4n) is 15.4. The van der Waals surface area contributed by atoms with Crippen LogP contribution in [0.1, 0.15) is 147 Å². The maximum atomic E-state index is 14.0. The summed E-state index contributed by atoms with van der Waals surface area (Å²) in [6, 6.07) is 12.5. The first-order valence-electron chi connectivity index (χ1n) is 42.9. The predicted octanol–water partition coefficient (Wildman–Crippen LogP) is 5.61. The largest absolute Gasteiger partial charge is 0.491 e. The van der Waals surface area contributed by atoms with Crippen LogP contribution in [-0.2, 0) is 60.7 Å². The number of alkyl carbamates (subject to hydrolysis) is 1. The summed E-state index contributed by atoms with van der Waals surface area (Å²) in [6.07, 6.45) is 8.79. The number of carboxylic acids is 4. The first-order chi connectivity index (χ1) is 61.5. The summed E-state index contributed by atoms with van der Waals surface area (Å²) in [4.78, 5) is 169. The highest BCUT2D eigenvalue weighted by atomic mass is 32.2. The summed E-state index contributed by atoms with van der Waals surface area (Å²) in [5, 5.41) is 86.1. The highest BCUT2D eigenvalue weighted by Gasteiger charge is 2.48. The number of carbonyl (C=O) groups excluding carboxylic acids is 8. The average Bonchev–Trinajstić information content (AvgIpc) is 0.833. The van der Waals surface area contributed by atoms with Crippen LogP contribution < -0.4 is 41.4 Å². The number of likely N-dealkylation sites (tertiary alicyclic amines) is 2. The number of amides is 8. The third-order valence-corrected chi connectivity index (χ3v) is 24.1. The second-order valence-electron chi connectivity index (χ2n) is 31.6. The predicted molar refractivity (Wildman–Crippen MR) is 458 cm³/mol. The smallest absolute Gasteiger partial charge is 0.407 e. The maximum absolute atomic E-state index is 14.0. The lowest BCUT2D eigenvalue weighted by Crippen LogP contribution is -2.52. The lowest BCUT2D eigenvalue weighted by molar-refractivity contribution is -0.145. The van der Waals surface area contributed by atoms with Crippen LogP contribution in [0.25, 0.3) is 21.8 Å². The lowest BCUT2D eigenvalue weighted by Gasteiger charge is -2.35. The molecule has 3 saturated heterocycles. The van der Waals surface area contributed by atoms with Gasteiger partial charge in [0.05, 0.1) is 82.3 Å². The summed E-state index contributed by atoms with van der Waals surface area (Å²) in [7, 11) is 0. The molecule has 10 N–H and O–H groups in total. The second-order valence-corrected chi connectivity index (χ2v) is 33.7. The Morgan fingerprint density at radius 2 is 0.938 bits per heavy atom. The maximum Gasteiger partial charge on any atom is 0.407 e. The molecule has 3 fully saturated rings. The van der Waals surface area contributed by atoms with Gasteiger partial charge in [0.1, 0.15) is 56.8 Å². The van der Waals surface area contributed by atoms with Gasteiger partial charge in [0, 0.05) is 134 Å². The number of nitrogens with one attached hydrogen (secondary N) is 6. The zero-order valence-corrected chi connectivity index (χ0v) is 72.7. The molecule has 1 aliphatic carbocycles. The number of halogens is 4. The summed E-state index contributed by atoms with van der Waals surface area (Å²) in [5.41, 5.74) is 3.16. The van der Waals surface area contributed by atoms with Crippen molar-refractivity contribution in [1.82, 2.24) is 81.5 Å². The number of carbonyl (C=O) groups is 12. The molecule has 8 amide bonds. The highest BCUT2D eigenvalue weighted by Crippen LogP contribution is 2.37. The summed E-state index contributed by atoms with van der Waals surface area (Å²) in [6.45, 7) is -1.94. The van der Waals surface area contributed by atoms with Crippen LogP contribution in [0.4, 0.5) is 22.4 Å². The number of thioether (sulfide) groups is 2. The number of unbranched alkanes of at least 4 members (excludes halogenated alkanes) is 4. The van der Waals surface area contributed by atoms with Gasteiger partial charge < -0.3 is 76.3 Å².